The van der Waals surface area contributed by atoms with Gasteiger partial charge in [-0.05, 0) is 36.8 Å². The zero-order chi connectivity index (χ0) is 18.9. The molecule has 0 aromatic heterocycles. The molecule has 0 aliphatic heterocycles. The number of carbonyl (C=O) groups is 1. The lowest BCUT2D eigenvalue weighted by Gasteiger charge is -2.15. The van der Waals surface area contributed by atoms with Crippen LogP contribution in [0, 0.1) is 11.6 Å². The van der Waals surface area contributed by atoms with E-state index >= 15 is 0 Å². The summed E-state index contributed by atoms with van der Waals surface area (Å²) in [7, 11) is 0. The summed E-state index contributed by atoms with van der Waals surface area (Å²) < 4.78 is 36.8. The third-order valence-corrected chi connectivity index (χ3v) is 3.58. The first kappa shape index (κ1) is 19.7. The van der Waals surface area contributed by atoms with Gasteiger partial charge in [0, 0.05) is 19.0 Å². The summed E-state index contributed by atoms with van der Waals surface area (Å²) in [6.45, 7) is 1.95. The van der Waals surface area contributed by atoms with E-state index in [1.807, 2.05) is 0 Å². The van der Waals surface area contributed by atoms with Gasteiger partial charge in [0.25, 0.3) is 5.91 Å². The van der Waals surface area contributed by atoms with E-state index < -0.39 is 11.6 Å². The Bertz CT molecular complexity index is 722. The minimum Gasteiger partial charge on any atom is -0.491 e. The average Bonchev–Trinajstić information content (AvgIpc) is 2.63. The zero-order valence-corrected chi connectivity index (χ0v) is 14.4. The summed E-state index contributed by atoms with van der Waals surface area (Å²) in [6.07, 6.45) is 0.211. The Labute approximate surface area is 150 Å². The maximum absolute atomic E-state index is 13.1. The third-order valence-electron chi connectivity index (χ3n) is 3.58. The van der Waals surface area contributed by atoms with Gasteiger partial charge in [-0.3, -0.25) is 4.79 Å². The largest absolute Gasteiger partial charge is 0.491 e. The van der Waals surface area contributed by atoms with E-state index in [9.17, 15) is 13.6 Å². The summed E-state index contributed by atoms with van der Waals surface area (Å²) >= 11 is 0. The second-order valence-electron chi connectivity index (χ2n) is 5.73. The van der Waals surface area contributed by atoms with Crippen LogP contribution in [0.25, 0.3) is 0 Å². The summed E-state index contributed by atoms with van der Waals surface area (Å²) in [5, 5.41) is 11.7. The van der Waals surface area contributed by atoms with E-state index in [-0.39, 0.29) is 31.0 Å². The van der Waals surface area contributed by atoms with Crippen LogP contribution in [0.1, 0.15) is 18.9 Å². The normalized spacial score (nSPS) is 11.7. The Hall–Kier alpha value is -2.67. The van der Waals surface area contributed by atoms with Gasteiger partial charge in [-0.15, -0.1) is 0 Å². The number of benzene rings is 2. The Morgan fingerprint density at radius 3 is 2.46 bits per heavy atom. The van der Waals surface area contributed by atoms with Crippen LogP contribution in [0.15, 0.2) is 42.5 Å². The monoisotopic (exact) mass is 365 g/mol. The zero-order valence-electron chi connectivity index (χ0n) is 14.4. The van der Waals surface area contributed by atoms with Crippen molar-refractivity contribution in [2.45, 2.75) is 26.1 Å². The van der Waals surface area contributed by atoms with Gasteiger partial charge in [-0.1, -0.05) is 12.1 Å². The molecule has 0 saturated carbocycles. The number of aliphatic hydroxyl groups is 1. The van der Waals surface area contributed by atoms with Crippen LogP contribution in [-0.4, -0.2) is 30.3 Å². The van der Waals surface area contributed by atoms with Crippen molar-refractivity contribution in [3.63, 3.8) is 0 Å². The number of aliphatic hydroxyl groups excluding tert-OH is 1. The molecule has 0 saturated heterocycles. The smallest absolute Gasteiger partial charge is 0.257 e. The molecule has 0 heterocycles. The van der Waals surface area contributed by atoms with E-state index in [4.69, 9.17) is 14.6 Å². The van der Waals surface area contributed by atoms with Crippen LogP contribution in [0.2, 0.25) is 0 Å². The van der Waals surface area contributed by atoms with E-state index in [1.165, 1.54) is 6.07 Å². The average molecular weight is 365 g/mol. The van der Waals surface area contributed by atoms with Crippen LogP contribution in [0.5, 0.6) is 11.5 Å². The summed E-state index contributed by atoms with van der Waals surface area (Å²) in [4.78, 5) is 11.8. The maximum Gasteiger partial charge on any atom is 0.257 e. The van der Waals surface area contributed by atoms with Crippen molar-refractivity contribution in [1.29, 1.82) is 0 Å². The lowest BCUT2D eigenvalue weighted by molar-refractivity contribution is -0.123. The number of nitrogens with one attached hydrogen (secondary N) is 1. The van der Waals surface area contributed by atoms with Crippen LogP contribution in [0.4, 0.5) is 8.78 Å². The van der Waals surface area contributed by atoms with Gasteiger partial charge in [0.15, 0.2) is 18.2 Å². The van der Waals surface area contributed by atoms with Gasteiger partial charge in [0.05, 0.1) is 12.7 Å². The van der Waals surface area contributed by atoms with Gasteiger partial charge in [0.2, 0.25) is 0 Å². The lowest BCUT2D eigenvalue weighted by atomic mass is 10.2. The summed E-state index contributed by atoms with van der Waals surface area (Å²) in [5.74, 6) is -1.41. The van der Waals surface area contributed by atoms with Crippen molar-refractivity contribution in [1.82, 2.24) is 5.32 Å². The highest BCUT2D eigenvalue weighted by Crippen LogP contribution is 2.17. The Morgan fingerprint density at radius 1 is 1.12 bits per heavy atom. The third kappa shape index (κ3) is 6.33. The quantitative estimate of drug-likeness (QED) is 0.717. The predicted molar refractivity (Wildman–Crippen MR) is 91.9 cm³/mol. The fraction of sp³-hybridized carbons (Fsp3) is 0.316. The van der Waals surface area contributed by atoms with Crippen molar-refractivity contribution in [2.24, 2.45) is 0 Å². The molecule has 1 atom stereocenters. The van der Waals surface area contributed by atoms with Crippen molar-refractivity contribution in [2.75, 3.05) is 13.2 Å². The number of rotatable bonds is 9. The molecule has 0 aliphatic carbocycles. The number of hydrogen-bond acceptors (Lipinski definition) is 4. The Morgan fingerprint density at radius 2 is 1.81 bits per heavy atom. The minimum absolute atomic E-state index is 0.0500. The molecule has 2 aromatic carbocycles. The first-order valence-corrected chi connectivity index (χ1v) is 8.19. The van der Waals surface area contributed by atoms with E-state index in [2.05, 4.69) is 5.32 Å². The SMILES string of the molecule is CC(CCNC(=O)COc1ccc(CO)cc1)Oc1ccc(F)c(F)c1. The van der Waals surface area contributed by atoms with E-state index in [0.29, 0.717) is 18.7 Å². The molecule has 0 bridgehead atoms. The molecule has 0 spiro atoms. The maximum atomic E-state index is 13.1. The highest BCUT2D eigenvalue weighted by atomic mass is 19.2. The van der Waals surface area contributed by atoms with Crippen LogP contribution in [-0.2, 0) is 11.4 Å². The molecule has 140 valence electrons. The second kappa shape index (κ2) is 9.72. The van der Waals surface area contributed by atoms with Crippen molar-refractivity contribution < 1.29 is 28.2 Å². The van der Waals surface area contributed by atoms with Crippen molar-refractivity contribution in [3.05, 3.63) is 59.7 Å². The fourth-order valence-electron chi connectivity index (χ4n) is 2.15. The molecule has 5 nitrogen and oxygen atoms in total. The van der Waals surface area contributed by atoms with Gasteiger partial charge in [0.1, 0.15) is 11.5 Å². The molecule has 1 amide bonds. The van der Waals surface area contributed by atoms with E-state index in [1.54, 1.807) is 31.2 Å². The molecule has 7 heteroatoms. The van der Waals surface area contributed by atoms with Crippen LogP contribution < -0.4 is 14.8 Å². The molecule has 2 N–H and O–H groups in total. The summed E-state index contributed by atoms with van der Waals surface area (Å²) in [5.41, 5.74) is 0.761. The number of ether oxygens (including phenoxy) is 2. The van der Waals surface area contributed by atoms with Crippen molar-refractivity contribution >= 4 is 5.91 Å². The molecule has 2 rings (SSSR count). The summed E-state index contributed by atoms with van der Waals surface area (Å²) in [6, 6.07) is 10.1. The van der Waals surface area contributed by atoms with E-state index in [0.717, 1.165) is 17.7 Å². The van der Waals surface area contributed by atoms with Gasteiger partial charge in [-0.25, -0.2) is 8.78 Å². The number of halogens is 2. The number of carbonyl (C=O) groups excluding carboxylic acids is 1. The second-order valence-corrected chi connectivity index (χ2v) is 5.73. The molecule has 0 aliphatic rings. The first-order chi connectivity index (χ1) is 12.5. The molecular weight excluding hydrogens is 344 g/mol. The number of amides is 1. The van der Waals surface area contributed by atoms with Crippen LogP contribution in [0.3, 0.4) is 0 Å². The predicted octanol–water partition coefficient (Wildman–Crippen LogP) is 2.81. The fourth-order valence-corrected chi connectivity index (χ4v) is 2.15. The lowest BCUT2D eigenvalue weighted by Crippen LogP contribution is -2.31. The number of hydrogen-bond donors (Lipinski definition) is 2. The first-order valence-electron chi connectivity index (χ1n) is 8.19. The van der Waals surface area contributed by atoms with Gasteiger partial charge in [-0.2, -0.15) is 0 Å². The molecule has 0 radical (unpaired) electrons. The van der Waals surface area contributed by atoms with Gasteiger partial charge >= 0.3 is 0 Å². The Balaban J connectivity index is 1.66. The molecule has 0 fully saturated rings. The Kier molecular flexibility index (Phi) is 7.35. The molecule has 1 unspecified atom stereocenters. The standard InChI is InChI=1S/C19H21F2NO4/c1-13(26-16-6-7-17(20)18(21)10-16)8-9-22-19(24)12-25-15-4-2-14(11-23)3-5-15/h2-7,10,13,23H,8-9,11-12H2,1H3,(H,22,24). The van der Waals surface area contributed by atoms with Crippen LogP contribution >= 0.6 is 0 Å². The molecule has 26 heavy (non-hydrogen) atoms. The van der Waals surface area contributed by atoms with Gasteiger partial charge < -0.3 is 19.9 Å². The topological polar surface area (TPSA) is 67.8 Å². The molecule has 2 aromatic rings. The van der Waals surface area contributed by atoms with Crippen molar-refractivity contribution in [3.8, 4) is 11.5 Å². The molecular formula is C19H21F2NO4. The highest BCUT2D eigenvalue weighted by molar-refractivity contribution is 5.77. The minimum atomic E-state index is -0.966. The highest BCUT2D eigenvalue weighted by Gasteiger charge is 2.09.